The zero-order valence-corrected chi connectivity index (χ0v) is 13.6. The SMILES string of the molecule is COCCN(c1cccc(OC(C)C)c1N)C(C)C1CC1. The molecule has 0 aliphatic heterocycles. The summed E-state index contributed by atoms with van der Waals surface area (Å²) in [5.74, 6) is 1.55. The molecule has 4 heteroatoms. The number of methoxy groups -OCH3 is 1. The monoisotopic (exact) mass is 292 g/mol. The van der Waals surface area contributed by atoms with E-state index in [4.69, 9.17) is 15.2 Å². The van der Waals surface area contributed by atoms with Crippen LogP contribution < -0.4 is 15.4 Å². The van der Waals surface area contributed by atoms with Crippen LogP contribution in [0.2, 0.25) is 0 Å². The van der Waals surface area contributed by atoms with Crippen LogP contribution in [0.3, 0.4) is 0 Å². The fraction of sp³-hybridized carbons (Fsp3) is 0.647. The lowest BCUT2D eigenvalue weighted by Crippen LogP contribution is -2.37. The van der Waals surface area contributed by atoms with E-state index in [0.717, 1.165) is 29.6 Å². The van der Waals surface area contributed by atoms with E-state index in [1.54, 1.807) is 7.11 Å². The average Bonchev–Trinajstić information content (AvgIpc) is 3.26. The van der Waals surface area contributed by atoms with E-state index in [2.05, 4.69) is 17.9 Å². The van der Waals surface area contributed by atoms with Gasteiger partial charge >= 0.3 is 0 Å². The van der Waals surface area contributed by atoms with E-state index in [-0.39, 0.29) is 6.10 Å². The number of para-hydroxylation sites is 1. The normalized spacial score (nSPS) is 16.0. The molecule has 1 atom stereocenters. The number of hydrogen-bond acceptors (Lipinski definition) is 4. The molecule has 21 heavy (non-hydrogen) atoms. The van der Waals surface area contributed by atoms with Crippen molar-refractivity contribution < 1.29 is 9.47 Å². The van der Waals surface area contributed by atoms with Crippen molar-refractivity contribution in [2.75, 3.05) is 30.9 Å². The van der Waals surface area contributed by atoms with Gasteiger partial charge in [0.25, 0.3) is 0 Å². The molecule has 2 N–H and O–H groups in total. The van der Waals surface area contributed by atoms with Gasteiger partial charge in [0.15, 0.2) is 0 Å². The third-order valence-electron chi connectivity index (χ3n) is 4.05. The third kappa shape index (κ3) is 4.03. The fourth-order valence-electron chi connectivity index (χ4n) is 2.71. The van der Waals surface area contributed by atoms with Gasteiger partial charge in [0.05, 0.1) is 24.1 Å². The quantitative estimate of drug-likeness (QED) is 0.747. The summed E-state index contributed by atoms with van der Waals surface area (Å²) in [7, 11) is 1.74. The highest BCUT2D eigenvalue weighted by Crippen LogP contribution is 2.40. The molecule has 0 bridgehead atoms. The Balaban J connectivity index is 2.25. The highest BCUT2D eigenvalue weighted by atomic mass is 16.5. The highest BCUT2D eigenvalue weighted by molar-refractivity contribution is 5.74. The summed E-state index contributed by atoms with van der Waals surface area (Å²) in [6.07, 6.45) is 2.75. The molecule has 4 nitrogen and oxygen atoms in total. The van der Waals surface area contributed by atoms with Crippen LogP contribution in [0.4, 0.5) is 11.4 Å². The number of ether oxygens (including phenoxy) is 2. The van der Waals surface area contributed by atoms with Crippen molar-refractivity contribution in [1.29, 1.82) is 0 Å². The molecule has 1 aromatic rings. The Bertz CT molecular complexity index is 458. The molecule has 118 valence electrons. The van der Waals surface area contributed by atoms with Crippen molar-refractivity contribution in [1.82, 2.24) is 0 Å². The van der Waals surface area contributed by atoms with Crippen molar-refractivity contribution >= 4 is 11.4 Å². The molecule has 0 heterocycles. The van der Waals surface area contributed by atoms with Gasteiger partial charge in [0, 0.05) is 19.7 Å². The number of nitrogen functional groups attached to an aromatic ring is 1. The maximum Gasteiger partial charge on any atom is 0.144 e. The predicted molar refractivity (Wildman–Crippen MR) is 88.0 cm³/mol. The van der Waals surface area contributed by atoms with E-state index < -0.39 is 0 Å². The van der Waals surface area contributed by atoms with Crippen molar-refractivity contribution in [3.05, 3.63) is 18.2 Å². The minimum Gasteiger partial charge on any atom is -0.489 e. The summed E-state index contributed by atoms with van der Waals surface area (Å²) in [6.45, 7) is 7.86. The molecule has 0 aromatic heterocycles. The maximum atomic E-state index is 6.36. The second-order valence-corrected chi connectivity index (χ2v) is 6.12. The second kappa shape index (κ2) is 7.03. The van der Waals surface area contributed by atoms with E-state index >= 15 is 0 Å². The number of rotatable bonds is 8. The van der Waals surface area contributed by atoms with Crippen LogP contribution in [0, 0.1) is 5.92 Å². The highest BCUT2D eigenvalue weighted by Gasteiger charge is 2.33. The molecule has 2 rings (SSSR count). The van der Waals surface area contributed by atoms with Crippen LogP contribution in [-0.4, -0.2) is 32.4 Å². The number of benzene rings is 1. The summed E-state index contributed by atoms with van der Waals surface area (Å²) in [5.41, 5.74) is 8.15. The number of nitrogens with zero attached hydrogens (tertiary/aromatic N) is 1. The number of nitrogens with two attached hydrogens (primary N) is 1. The molecule has 1 unspecified atom stereocenters. The zero-order valence-electron chi connectivity index (χ0n) is 13.6. The zero-order chi connectivity index (χ0) is 15.4. The van der Waals surface area contributed by atoms with E-state index in [1.807, 2.05) is 26.0 Å². The molecule has 1 aromatic carbocycles. The molecular formula is C17H28N2O2. The minimum atomic E-state index is 0.121. The Labute approximate surface area is 128 Å². The van der Waals surface area contributed by atoms with Crippen LogP contribution in [0.15, 0.2) is 18.2 Å². The Kier molecular flexibility index (Phi) is 5.34. The Hall–Kier alpha value is -1.42. The smallest absolute Gasteiger partial charge is 0.144 e. The van der Waals surface area contributed by atoms with Gasteiger partial charge in [-0.2, -0.15) is 0 Å². The van der Waals surface area contributed by atoms with E-state index in [1.165, 1.54) is 12.8 Å². The first kappa shape index (κ1) is 16.0. The third-order valence-corrected chi connectivity index (χ3v) is 4.05. The van der Waals surface area contributed by atoms with Crippen molar-refractivity contribution in [2.24, 2.45) is 5.92 Å². The van der Waals surface area contributed by atoms with E-state index in [0.29, 0.717) is 12.6 Å². The molecule has 0 radical (unpaired) electrons. The van der Waals surface area contributed by atoms with Gasteiger partial charge in [-0.1, -0.05) is 6.07 Å². The largest absolute Gasteiger partial charge is 0.489 e. The standard InChI is InChI=1S/C17H28N2O2/c1-12(2)21-16-7-5-6-15(17(16)18)19(10-11-20-4)13(3)14-8-9-14/h5-7,12-14H,8-11,18H2,1-4H3. The summed E-state index contributed by atoms with van der Waals surface area (Å²) < 4.78 is 11.1. The molecule has 0 saturated heterocycles. The van der Waals surface area contributed by atoms with Crippen LogP contribution in [0.25, 0.3) is 0 Å². The molecule has 1 saturated carbocycles. The van der Waals surface area contributed by atoms with Gasteiger partial charge in [-0.3, -0.25) is 0 Å². The van der Waals surface area contributed by atoms with Gasteiger partial charge in [0.2, 0.25) is 0 Å². The first-order valence-electron chi connectivity index (χ1n) is 7.85. The number of hydrogen-bond donors (Lipinski definition) is 1. The Morgan fingerprint density at radius 2 is 2.00 bits per heavy atom. The first-order chi connectivity index (χ1) is 10.0. The van der Waals surface area contributed by atoms with Crippen molar-refractivity contribution in [3.63, 3.8) is 0 Å². The summed E-state index contributed by atoms with van der Waals surface area (Å²) in [5, 5.41) is 0. The average molecular weight is 292 g/mol. The predicted octanol–water partition coefficient (Wildman–Crippen LogP) is 3.31. The van der Waals surface area contributed by atoms with Gasteiger partial charge in [-0.25, -0.2) is 0 Å². The van der Waals surface area contributed by atoms with E-state index in [9.17, 15) is 0 Å². The lowest BCUT2D eigenvalue weighted by Gasteiger charge is -2.33. The minimum absolute atomic E-state index is 0.121. The Morgan fingerprint density at radius 1 is 1.29 bits per heavy atom. The fourth-order valence-corrected chi connectivity index (χ4v) is 2.71. The van der Waals surface area contributed by atoms with Gasteiger partial charge < -0.3 is 20.1 Å². The second-order valence-electron chi connectivity index (χ2n) is 6.12. The summed E-state index contributed by atoms with van der Waals surface area (Å²) in [4.78, 5) is 2.36. The number of anilines is 2. The van der Waals surface area contributed by atoms with Crippen LogP contribution >= 0.6 is 0 Å². The van der Waals surface area contributed by atoms with Gasteiger partial charge in [-0.15, -0.1) is 0 Å². The molecule has 1 aliphatic carbocycles. The topological polar surface area (TPSA) is 47.7 Å². The summed E-state index contributed by atoms with van der Waals surface area (Å²) >= 11 is 0. The molecule has 0 spiro atoms. The van der Waals surface area contributed by atoms with Crippen LogP contribution in [0.1, 0.15) is 33.6 Å². The first-order valence-corrected chi connectivity index (χ1v) is 7.85. The van der Waals surface area contributed by atoms with Gasteiger partial charge in [-0.05, 0) is 51.7 Å². The Morgan fingerprint density at radius 3 is 2.57 bits per heavy atom. The lowest BCUT2D eigenvalue weighted by molar-refractivity contribution is 0.202. The molecular weight excluding hydrogens is 264 g/mol. The van der Waals surface area contributed by atoms with Crippen LogP contribution in [-0.2, 0) is 4.74 Å². The molecule has 0 amide bonds. The summed E-state index contributed by atoms with van der Waals surface area (Å²) in [6, 6.07) is 6.52. The lowest BCUT2D eigenvalue weighted by atomic mass is 10.1. The van der Waals surface area contributed by atoms with Gasteiger partial charge in [0.1, 0.15) is 5.75 Å². The maximum absolute atomic E-state index is 6.36. The van der Waals surface area contributed by atoms with Crippen molar-refractivity contribution in [2.45, 2.75) is 45.8 Å². The van der Waals surface area contributed by atoms with Crippen molar-refractivity contribution in [3.8, 4) is 5.75 Å². The molecule has 1 fully saturated rings. The van der Waals surface area contributed by atoms with Crippen LogP contribution in [0.5, 0.6) is 5.75 Å². The molecule has 1 aliphatic rings.